The van der Waals surface area contributed by atoms with Crippen LogP contribution in [0.1, 0.15) is 23.6 Å². The molecule has 1 rings (SSSR count). The van der Waals surface area contributed by atoms with Crippen LogP contribution in [0.4, 0.5) is 0 Å². The molecule has 0 fully saturated rings. The first-order chi connectivity index (χ1) is 6.50. The van der Waals surface area contributed by atoms with Crippen molar-refractivity contribution >= 4 is 17.6 Å². The minimum atomic E-state index is -0.922. The fourth-order valence-electron chi connectivity index (χ4n) is 1.23. The Kier molecular flexibility index (Phi) is 3.49. The number of carbonyl (C=O) groups is 1. The van der Waals surface area contributed by atoms with E-state index in [4.69, 9.17) is 22.4 Å². The number of aryl methyl sites for hydroxylation is 1. The SMILES string of the molecule is Cc1ccc([C@H](N)CC(=O)O)c(Cl)c1. The first-order valence-electron chi connectivity index (χ1n) is 4.24. The number of carboxylic acid groups (broad SMARTS) is 1. The Labute approximate surface area is 87.5 Å². The van der Waals surface area contributed by atoms with Gasteiger partial charge in [-0.15, -0.1) is 0 Å². The van der Waals surface area contributed by atoms with Gasteiger partial charge in [0.2, 0.25) is 0 Å². The summed E-state index contributed by atoms with van der Waals surface area (Å²) in [6.45, 7) is 1.92. The van der Waals surface area contributed by atoms with E-state index in [0.29, 0.717) is 10.6 Å². The third kappa shape index (κ3) is 2.72. The molecule has 0 saturated heterocycles. The summed E-state index contributed by atoms with van der Waals surface area (Å²) in [6.07, 6.45) is -0.108. The van der Waals surface area contributed by atoms with E-state index in [9.17, 15) is 4.79 Å². The van der Waals surface area contributed by atoms with Crippen molar-refractivity contribution in [2.75, 3.05) is 0 Å². The quantitative estimate of drug-likeness (QED) is 0.809. The summed E-state index contributed by atoms with van der Waals surface area (Å²) in [6, 6.07) is 4.87. The van der Waals surface area contributed by atoms with Crippen molar-refractivity contribution in [3.8, 4) is 0 Å². The lowest BCUT2D eigenvalue weighted by atomic mass is 10.0. The molecule has 0 unspecified atom stereocenters. The number of rotatable bonds is 3. The van der Waals surface area contributed by atoms with Crippen LogP contribution in [0.25, 0.3) is 0 Å². The van der Waals surface area contributed by atoms with Gasteiger partial charge in [-0.1, -0.05) is 23.7 Å². The van der Waals surface area contributed by atoms with Gasteiger partial charge in [0, 0.05) is 11.1 Å². The molecule has 0 saturated carbocycles. The highest BCUT2D eigenvalue weighted by Crippen LogP contribution is 2.24. The van der Waals surface area contributed by atoms with Crippen LogP contribution in [-0.4, -0.2) is 11.1 Å². The standard InChI is InChI=1S/C10H12ClNO2/c1-6-2-3-7(8(11)4-6)9(12)5-10(13)14/h2-4,9H,5,12H2,1H3,(H,13,14)/t9-/m1/s1. The number of hydrogen-bond donors (Lipinski definition) is 2. The van der Waals surface area contributed by atoms with E-state index in [0.717, 1.165) is 5.56 Å². The monoisotopic (exact) mass is 213 g/mol. The van der Waals surface area contributed by atoms with E-state index in [2.05, 4.69) is 0 Å². The summed E-state index contributed by atoms with van der Waals surface area (Å²) < 4.78 is 0. The Balaban J connectivity index is 2.90. The Morgan fingerprint density at radius 1 is 1.64 bits per heavy atom. The van der Waals surface area contributed by atoms with Crippen LogP contribution in [0.5, 0.6) is 0 Å². The molecule has 3 nitrogen and oxygen atoms in total. The third-order valence-electron chi connectivity index (χ3n) is 1.95. The summed E-state index contributed by atoms with van der Waals surface area (Å²) >= 11 is 5.93. The van der Waals surface area contributed by atoms with Gasteiger partial charge in [-0.05, 0) is 24.1 Å². The highest BCUT2D eigenvalue weighted by Gasteiger charge is 2.13. The molecule has 0 spiro atoms. The molecule has 0 aliphatic heterocycles. The Hall–Kier alpha value is -1.06. The lowest BCUT2D eigenvalue weighted by Gasteiger charge is -2.11. The van der Waals surface area contributed by atoms with E-state index in [-0.39, 0.29) is 6.42 Å². The Morgan fingerprint density at radius 3 is 2.79 bits per heavy atom. The van der Waals surface area contributed by atoms with Crippen LogP contribution >= 0.6 is 11.6 Å². The molecule has 0 amide bonds. The average Bonchev–Trinajstić information content (AvgIpc) is 2.01. The van der Waals surface area contributed by atoms with Gasteiger partial charge in [-0.3, -0.25) is 4.79 Å². The number of hydrogen-bond acceptors (Lipinski definition) is 2. The first kappa shape index (κ1) is 11.0. The molecule has 4 heteroatoms. The van der Waals surface area contributed by atoms with Gasteiger partial charge >= 0.3 is 5.97 Å². The highest BCUT2D eigenvalue weighted by atomic mass is 35.5. The maximum absolute atomic E-state index is 10.4. The van der Waals surface area contributed by atoms with Gasteiger partial charge in [-0.2, -0.15) is 0 Å². The molecule has 1 aromatic rings. The predicted molar refractivity (Wildman–Crippen MR) is 55.4 cm³/mol. The molecule has 0 bridgehead atoms. The van der Waals surface area contributed by atoms with Gasteiger partial charge in [0.1, 0.15) is 0 Å². The van der Waals surface area contributed by atoms with Gasteiger partial charge in [0.15, 0.2) is 0 Å². The molecule has 1 atom stereocenters. The number of nitrogens with two attached hydrogens (primary N) is 1. The van der Waals surface area contributed by atoms with Crippen molar-refractivity contribution in [3.63, 3.8) is 0 Å². The van der Waals surface area contributed by atoms with E-state index >= 15 is 0 Å². The topological polar surface area (TPSA) is 63.3 Å². The number of benzene rings is 1. The fraction of sp³-hybridized carbons (Fsp3) is 0.300. The predicted octanol–water partition coefficient (Wildman–Crippen LogP) is 2.12. The Bertz CT molecular complexity index is 352. The van der Waals surface area contributed by atoms with E-state index in [1.807, 2.05) is 13.0 Å². The number of carboxylic acids is 1. The lowest BCUT2D eigenvalue weighted by molar-refractivity contribution is -0.137. The van der Waals surface area contributed by atoms with Crippen molar-refractivity contribution in [3.05, 3.63) is 34.3 Å². The Morgan fingerprint density at radius 2 is 2.29 bits per heavy atom. The molecule has 14 heavy (non-hydrogen) atoms. The van der Waals surface area contributed by atoms with Crippen molar-refractivity contribution in [1.29, 1.82) is 0 Å². The normalized spacial score (nSPS) is 12.5. The van der Waals surface area contributed by atoms with Crippen LogP contribution in [0.15, 0.2) is 18.2 Å². The van der Waals surface area contributed by atoms with Gasteiger partial charge in [0.25, 0.3) is 0 Å². The molecular weight excluding hydrogens is 202 g/mol. The molecule has 3 N–H and O–H groups in total. The maximum Gasteiger partial charge on any atom is 0.305 e. The summed E-state index contributed by atoms with van der Waals surface area (Å²) in [5.74, 6) is -0.922. The molecule has 0 aromatic heterocycles. The van der Waals surface area contributed by atoms with Crippen LogP contribution in [0.3, 0.4) is 0 Å². The summed E-state index contributed by atoms with van der Waals surface area (Å²) in [5.41, 5.74) is 7.39. The zero-order valence-electron chi connectivity index (χ0n) is 7.83. The molecule has 0 heterocycles. The van der Waals surface area contributed by atoms with E-state index in [1.165, 1.54) is 0 Å². The highest BCUT2D eigenvalue weighted by molar-refractivity contribution is 6.31. The second-order valence-corrected chi connectivity index (χ2v) is 3.64. The fourth-order valence-corrected chi connectivity index (χ4v) is 1.61. The number of halogens is 1. The molecular formula is C10H12ClNO2. The molecule has 0 radical (unpaired) electrons. The average molecular weight is 214 g/mol. The van der Waals surface area contributed by atoms with E-state index in [1.54, 1.807) is 12.1 Å². The minimum absolute atomic E-state index is 0.108. The number of aliphatic carboxylic acids is 1. The second kappa shape index (κ2) is 4.44. The van der Waals surface area contributed by atoms with Crippen LogP contribution in [0, 0.1) is 6.92 Å². The molecule has 0 aliphatic carbocycles. The van der Waals surface area contributed by atoms with Crippen LogP contribution in [0.2, 0.25) is 5.02 Å². The molecule has 0 aliphatic rings. The van der Waals surface area contributed by atoms with Gasteiger partial charge < -0.3 is 10.8 Å². The zero-order valence-corrected chi connectivity index (χ0v) is 8.58. The van der Waals surface area contributed by atoms with Gasteiger partial charge in [0.05, 0.1) is 6.42 Å². The zero-order chi connectivity index (χ0) is 10.7. The van der Waals surface area contributed by atoms with Crippen LogP contribution in [-0.2, 0) is 4.79 Å². The van der Waals surface area contributed by atoms with Crippen molar-refractivity contribution in [2.24, 2.45) is 5.73 Å². The largest absolute Gasteiger partial charge is 0.481 e. The first-order valence-corrected chi connectivity index (χ1v) is 4.62. The minimum Gasteiger partial charge on any atom is -0.481 e. The van der Waals surface area contributed by atoms with Gasteiger partial charge in [-0.25, -0.2) is 0 Å². The molecule has 76 valence electrons. The van der Waals surface area contributed by atoms with Crippen molar-refractivity contribution < 1.29 is 9.90 Å². The van der Waals surface area contributed by atoms with Crippen LogP contribution < -0.4 is 5.73 Å². The smallest absolute Gasteiger partial charge is 0.305 e. The lowest BCUT2D eigenvalue weighted by Crippen LogP contribution is -2.15. The summed E-state index contributed by atoms with van der Waals surface area (Å²) in [7, 11) is 0. The molecule has 1 aromatic carbocycles. The third-order valence-corrected chi connectivity index (χ3v) is 2.28. The second-order valence-electron chi connectivity index (χ2n) is 3.23. The van der Waals surface area contributed by atoms with Crippen molar-refractivity contribution in [2.45, 2.75) is 19.4 Å². The van der Waals surface area contributed by atoms with E-state index < -0.39 is 12.0 Å². The maximum atomic E-state index is 10.4. The summed E-state index contributed by atoms with van der Waals surface area (Å²) in [4.78, 5) is 10.4. The van der Waals surface area contributed by atoms with Crippen molar-refractivity contribution in [1.82, 2.24) is 0 Å². The summed E-state index contributed by atoms with van der Waals surface area (Å²) in [5, 5.41) is 9.09.